The van der Waals surface area contributed by atoms with Crippen LogP contribution < -0.4 is 20.4 Å². The van der Waals surface area contributed by atoms with Crippen LogP contribution in [0.25, 0.3) is 11.3 Å². The molecular weight excluding hydrogens is 416 g/mol. The highest BCUT2D eigenvalue weighted by Crippen LogP contribution is 2.33. The fraction of sp³-hybridized carbons (Fsp3) is 0.417. The lowest BCUT2D eigenvalue weighted by Crippen LogP contribution is -2.47. The van der Waals surface area contributed by atoms with Gasteiger partial charge < -0.3 is 25.5 Å². The van der Waals surface area contributed by atoms with Crippen LogP contribution in [0.4, 0.5) is 17.5 Å². The van der Waals surface area contributed by atoms with Crippen LogP contribution in [-0.2, 0) is 0 Å². The summed E-state index contributed by atoms with van der Waals surface area (Å²) in [5, 5.41) is 25.5. The molecule has 9 nitrogen and oxygen atoms in total. The van der Waals surface area contributed by atoms with Crippen LogP contribution in [0.5, 0.6) is 5.75 Å². The van der Waals surface area contributed by atoms with Crippen molar-refractivity contribution in [1.82, 2.24) is 25.5 Å². The Hall–Kier alpha value is -3.46. The van der Waals surface area contributed by atoms with E-state index in [1.807, 2.05) is 31.4 Å². The van der Waals surface area contributed by atoms with Crippen LogP contribution in [-0.4, -0.2) is 71.6 Å². The molecule has 2 saturated heterocycles. The molecule has 0 aliphatic carbocycles. The molecule has 9 heteroatoms. The lowest BCUT2D eigenvalue weighted by molar-refractivity contribution is 0.452. The fourth-order valence-electron chi connectivity index (χ4n) is 4.63. The number of hydrogen-bond donors (Lipinski definition) is 3. The van der Waals surface area contributed by atoms with E-state index in [-0.39, 0.29) is 5.75 Å². The average Bonchev–Trinajstić information content (AvgIpc) is 2.89. The molecule has 0 spiro atoms. The van der Waals surface area contributed by atoms with Crippen molar-refractivity contribution in [2.45, 2.75) is 18.8 Å². The van der Waals surface area contributed by atoms with Crippen LogP contribution in [0.2, 0.25) is 0 Å². The smallest absolute Gasteiger partial charge is 0.225 e. The summed E-state index contributed by atoms with van der Waals surface area (Å²) in [6.45, 7) is 5.40. The molecule has 2 aromatic heterocycles. The van der Waals surface area contributed by atoms with Crippen LogP contribution >= 0.6 is 0 Å². The largest absolute Gasteiger partial charge is 0.507 e. The molecule has 0 unspecified atom stereocenters. The van der Waals surface area contributed by atoms with E-state index >= 15 is 0 Å². The van der Waals surface area contributed by atoms with Crippen molar-refractivity contribution in [3.8, 4) is 17.0 Å². The molecule has 2 fully saturated rings. The highest BCUT2D eigenvalue weighted by atomic mass is 16.3. The van der Waals surface area contributed by atoms with E-state index < -0.39 is 0 Å². The second kappa shape index (κ2) is 9.58. The van der Waals surface area contributed by atoms with Crippen molar-refractivity contribution in [1.29, 1.82) is 0 Å². The number of phenolic OH excluding ortho intramolecular Hbond substituents is 1. The van der Waals surface area contributed by atoms with E-state index in [0.717, 1.165) is 75.3 Å². The Morgan fingerprint density at radius 1 is 1.00 bits per heavy atom. The second-order valence-electron chi connectivity index (χ2n) is 8.51. The van der Waals surface area contributed by atoms with Gasteiger partial charge in [0.05, 0.1) is 11.4 Å². The summed E-state index contributed by atoms with van der Waals surface area (Å²) in [6.07, 6.45) is 4.16. The van der Waals surface area contributed by atoms with Gasteiger partial charge in [0.1, 0.15) is 5.75 Å². The van der Waals surface area contributed by atoms with Gasteiger partial charge in [-0.05, 0) is 50.2 Å². The molecule has 0 atom stereocenters. The predicted molar refractivity (Wildman–Crippen MR) is 130 cm³/mol. The Bertz CT molecular complexity index is 1090. The minimum Gasteiger partial charge on any atom is -0.507 e. The zero-order valence-electron chi connectivity index (χ0n) is 18.9. The van der Waals surface area contributed by atoms with Crippen LogP contribution in [0.3, 0.4) is 0 Å². The molecule has 0 bridgehead atoms. The van der Waals surface area contributed by atoms with Gasteiger partial charge in [0.25, 0.3) is 0 Å². The first-order valence-electron chi connectivity index (χ1n) is 11.6. The minimum atomic E-state index is 0.200. The van der Waals surface area contributed by atoms with Gasteiger partial charge in [-0.15, -0.1) is 10.2 Å². The number of aromatic hydroxyl groups is 1. The number of piperazine rings is 1. The van der Waals surface area contributed by atoms with Crippen molar-refractivity contribution in [2.75, 3.05) is 61.4 Å². The minimum absolute atomic E-state index is 0.200. The van der Waals surface area contributed by atoms with Gasteiger partial charge in [-0.3, -0.25) is 0 Å². The molecule has 0 radical (unpaired) electrons. The third-order valence-corrected chi connectivity index (χ3v) is 6.52. The molecule has 3 aromatic rings. The van der Waals surface area contributed by atoms with E-state index in [2.05, 4.69) is 41.7 Å². The van der Waals surface area contributed by atoms with Gasteiger partial charge in [-0.1, -0.05) is 12.1 Å². The summed E-state index contributed by atoms with van der Waals surface area (Å²) in [7, 11) is 1.85. The summed E-state index contributed by atoms with van der Waals surface area (Å²) >= 11 is 0. The predicted octanol–water partition coefficient (Wildman–Crippen LogP) is 2.47. The third-order valence-electron chi connectivity index (χ3n) is 6.52. The van der Waals surface area contributed by atoms with Gasteiger partial charge in [-0.2, -0.15) is 0 Å². The molecule has 4 heterocycles. The number of aromatic nitrogens is 4. The standard InChI is InChI=1S/C24H30N8O/c1-25-23-21(16-20(29-30-23)18-4-2-3-5-22(18)33)31-12-14-32(15-13-31)24-27-11-8-19(28-24)17-6-9-26-10-7-17/h2-5,8,11,16-17,26,33H,6-7,9-10,12-15H2,1H3,(H,25,30). The molecule has 2 aliphatic rings. The summed E-state index contributed by atoms with van der Waals surface area (Å²) in [6, 6.07) is 11.3. The van der Waals surface area contributed by atoms with Gasteiger partial charge in [0.15, 0.2) is 5.82 Å². The normalized spacial score (nSPS) is 17.2. The van der Waals surface area contributed by atoms with E-state index in [4.69, 9.17) is 4.98 Å². The van der Waals surface area contributed by atoms with Crippen LogP contribution in [0, 0.1) is 0 Å². The number of nitrogens with one attached hydrogen (secondary N) is 2. The summed E-state index contributed by atoms with van der Waals surface area (Å²) in [5.74, 6) is 2.27. The van der Waals surface area contributed by atoms with Gasteiger partial charge in [-0.25, -0.2) is 9.97 Å². The highest BCUT2D eigenvalue weighted by molar-refractivity contribution is 5.75. The highest BCUT2D eigenvalue weighted by Gasteiger charge is 2.24. The van der Waals surface area contributed by atoms with Crippen molar-refractivity contribution in [3.05, 3.63) is 48.3 Å². The summed E-state index contributed by atoms with van der Waals surface area (Å²) in [5.41, 5.74) is 3.47. The first-order chi connectivity index (χ1) is 16.2. The van der Waals surface area contributed by atoms with Crippen molar-refractivity contribution in [2.24, 2.45) is 0 Å². The van der Waals surface area contributed by atoms with E-state index in [0.29, 0.717) is 17.2 Å². The van der Waals surface area contributed by atoms with E-state index in [9.17, 15) is 5.11 Å². The Balaban J connectivity index is 1.32. The second-order valence-corrected chi connectivity index (χ2v) is 8.51. The van der Waals surface area contributed by atoms with Gasteiger partial charge in [0, 0.05) is 56.6 Å². The van der Waals surface area contributed by atoms with Crippen molar-refractivity contribution < 1.29 is 5.11 Å². The number of phenols is 1. The Labute approximate surface area is 193 Å². The van der Waals surface area contributed by atoms with Crippen molar-refractivity contribution in [3.63, 3.8) is 0 Å². The number of hydrogen-bond acceptors (Lipinski definition) is 9. The van der Waals surface area contributed by atoms with Gasteiger partial charge >= 0.3 is 0 Å². The van der Waals surface area contributed by atoms with Crippen molar-refractivity contribution >= 4 is 17.5 Å². The summed E-state index contributed by atoms with van der Waals surface area (Å²) in [4.78, 5) is 14.1. The average molecular weight is 447 g/mol. The quantitative estimate of drug-likeness (QED) is 0.545. The zero-order valence-corrected chi connectivity index (χ0v) is 18.9. The number of para-hydroxylation sites is 1. The lowest BCUT2D eigenvalue weighted by Gasteiger charge is -2.36. The summed E-state index contributed by atoms with van der Waals surface area (Å²) < 4.78 is 0. The Morgan fingerprint density at radius 2 is 1.76 bits per heavy atom. The number of anilines is 3. The number of piperidine rings is 1. The first-order valence-corrected chi connectivity index (χ1v) is 11.6. The molecule has 172 valence electrons. The topological polar surface area (TPSA) is 102 Å². The maximum Gasteiger partial charge on any atom is 0.225 e. The molecule has 5 rings (SSSR count). The molecule has 0 amide bonds. The number of nitrogens with zero attached hydrogens (tertiary/aromatic N) is 6. The maximum absolute atomic E-state index is 10.2. The maximum atomic E-state index is 10.2. The molecule has 1 aromatic carbocycles. The molecule has 0 saturated carbocycles. The third kappa shape index (κ3) is 4.54. The fourth-order valence-corrected chi connectivity index (χ4v) is 4.63. The SMILES string of the molecule is CNc1nnc(-c2ccccc2O)cc1N1CCN(c2nccc(C3CCNCC3)n2)CC1. The lowest BCUT2D eigenvalue weighted by atomic mass is 9.94. The number of benzene rings is 1. The Kier molecular flexibility index (Phi) is 6.21. The molecular formula is C24H30N8O. The monoisotopic (exact) mass is 446 g/mol. The zero-order chi connectivity index (χ0) is 22.6. The van der Waals surface area contributed by atoms with Gasteiger partial charge in [0.2, 0.25) is 5.95 Å². The first kappa shape index (κ1) is 21.4. The molecule has 3 N–H and O–H groups in total. The number of rotatable bonds is 5. The molecule has 33 heavy (non-hydrogen) atoms. The Morgan fingerprint density at radius 3 is 2.52 bits per heavy atom. The van der Waals surface area contributed by atoms with E-state index in [1.54, 1.807) is 12.1 Å². The molecule has 2 aliphatic heterocycles. The van der Waals surface area contributed by atoms with Crippen LogP contribution in [0.1, 0.15) is 24.5 Å². The van der Waals surface area contributed by atoms with Crippen LogP contribution in [0.15, 0.2) is 42.6 Å². The van der Waals surface area contributed by atoms with E-state index in [1.165, 1.54) is 0 Å².